The summed E-state index contributed by atoms with van der Waals surface area (Å²) in [5.74, 6) is 2.40. The Kier molecular flexibility index (Phi) is 7.30. The van der Waals surface area contributed by atoms with Gasteiger partial charge in [-0.25, -0.2) is 0 Å². The lowest BCUT2D eigenvalue weighted by molar-refractivity contribution is -0.157. The summed E-state index contributed by atoms with van der Waals surface area (Å²) in [4.78, 5) is 30.8. The number of nitrogens with zero attached hydrogens (tertiary/aromatic N) is 2. The van der Waals surface area contributed by atoms with Crippen LogP contribution in [0.4, 0.5) is 0 Å². The number of nitrogens with one attached hydrogen (secondary N) is 1. The van der Waals surface area contributed by atoms with E-state index in [1.54, 1.807) is 7.11 Å². The van der Waals surface area contributed by atoms with E-state index in [2.05, 4.69) is 27.2 Å². The lowest BCUT2D eigenvalue weighted by Crippen LogP contribution is -2.66. The van der Waals surface area contributed by atoms with Crippen molar-refractivity contribution >= 4 is 24.2 Å². The van der Waals surface area contributed by atoms with Crippen LogP contribution in [0, 0.1) is 17.8 Å². The molecule has 0 unspecified atom stereocenters. The Balaban J connectivity index is 0.00000245. The number of ether oxygens (including phenoxy) is 1. The van der Waals surface area contributed by atoms with Gasteiger partial charge in [0.15, 0.2) is 0 Å². The Morgan fingerprint density at radius 2 is 2.03 bits per heavy atom. The van der Waals surface area contributed by atoms with Gasteiger partial charge in [-0.1, -0.05) is 12.1 Å². The number of carbonyl (C=O) groups excluding carboxylic acids is 2. The molecule has 0 saturated carbocycles. The summed E-state index contributed by atoms with van der Waals surface area (Å²) in [6.07, 6.45) is 6.78. The second-order valence-electron chi connectivity index (χ2n) is 9.93. The molecule has 5 rings (SSSR count). The van der Waals surface area contributed by atoms with Crippen molar-refractivity contribution in [1.82, 2.24) is 15.1 Å². The molecule has 2 amide bonds. The van der Waals surface area contributed by atoms with Crippen LogP contribution in [0.1, 0.15) is 44.1 Å². The fourth-order valence-corrected chi connectivity index (χ4v) is 6.58. The van der Waals surface area contributed by atoms with Gasteiger partial charge >= 0.3 is 0 Å². The van der Waals surface area contributed by atoms with Gasteiger partial charge in [0.05, 0.1) is 13.0 Å². The zero-order valence-corrected chi connectivity index (χ0v) is 19.8. The van der Waals surface area contributed by atoms with E-state index in [4.69, 9.17) is 4.74 Å². The summed E-state index contributed by atoms with van der Waals surface area (Å²) in [5.41, 5.74) is 1.21. The quantitative estimate of drug-likeness (QED) is 0.749. The molecule has 4 aliphatic heterocycles. The number of amides is 2. The first kappa shape index (κ1) is 23.4. The monoisotopic (exact) mass is 461 g/mol. The predicted molar refractivity (Wildman–Crippen MR) is 126 cm³/mol. The van der Waals surface area contributed by atoms with Crippen LogP contribution in [0.3, 0.4) is 0 Å². The van der Waals surface area contributed by atoms with Gasteiger partial charge in [-0.15, -0.1) is 12.4 Å². The van der Waals surface area contributed by atoms with E-state index in [9.17, 15) is 9.59 Å². The molecule has 0 radical (unpaired) electrons. The maximum absolute atomic E-state index is 13.3. The number of carbonyl (C=O) groups is 2. The highest BCUT2D eigenvalue weighted by Gasteiger charge is 2.50. The molecule has 4 heterocycles. The lowest BCUT2D eigenvalue weighted by atomic mass is 9.70. The number of halogens is 1. The van der Waals surface area contributed by atoms with E-state index in [0.717, 1.165) is 70.5 Å². The second-order valence-corrected chi connectivity index (χ2v) is 9.93. The minimum absolute atomic E-state index is 0. The number of hydrogen-bond acceptors (Lipinski definition) is 4. The molecule has 0 spiro atoms. The third kappa shape index (κ3) is 4.49. The van der Waals surface area contributed by atoms with Crippen molar-refractivity contribution in [3.63, 3.8) is 0 Å². The van der Waals surface area contributed by atoms with Crippen molar-refractivity contribution in [1.29, 1.82) is 0 Å². The molecule has 6 nitrogen and oxygen atoms in total. The molecule has 2 bridgehead atoms. The number of benzene rings is 1. The molecule has 1 N–H and O–H groups in total. The zero-order chi connectivity index (χ0) is 21.4. The first-order chi connectivity index (χ1) is 15.1. The van der Waals surface area contributed by atoms with Crippen LogP contribution in [-0.4, -0.2) is 67.0 Å². The van der Waals surface area contributed by atoms with Gasteiger partial charge in [0.1, 0.15) is 5.75 Å². The Bertz CT molecular complexity index is 828. The van der Waals surface area contributed by atoms with Crippen LogP contribution in [0.25, 0.3) is 0 Å². The minimum Gasteiger partial charge on any atom is -0.497 e. The van der Waals surface area contributed by atoms with E-state index < -0.39 is 0 Å². The maximum atomic E-state index is 13.3. The maximum Gasteiger partial charge on any atom is 0.226 e. The fourth-order valence-electron chi connectivity index (χ4n) is 6.58. The van der Waals surface area contributed by atoms with E-state index in [-0.39, 0.29) is 30.4 Å². The molecule has 4 saturated heterocycles. The van der Waals surface area contributed by atoms with Gasteiger partial charge in [-0.2, -0.15) is 0 Å². The highest BCUT2D eigenvalue weighted by atomic mass is 35.5. The van der Waals surface area contributed by atoms with Crippen molar-refractivity contribution < 1.29 is 14.3 Å². The molecule has 4 fully saturated rings. The molecule has 0 aliphatic carbocycles. The van der Waals surface area contributed by atoms with E-state index in [0.29, 0.717) is 30.1 Å². The molecule has 5 atom stereocenters. The number of rotatable bonds is 4. The Hall–Kier alpha value is -1.79. The van der Waals surface area contributed by atoms with Gasteiger partial charge in [-0.3, -0.25) is 9.59 Å². The zero-order valence-electron chi connectivity index (χ0n) is 19.0. The summed E-state index contributed by atoms with van der Waals surface area (Å²) in [5, 5.41) is 3.40. The molecule has 1 aromatic rings. The molecule has 7 heteroatoms. The number of likely N-dealkylation sites (tertiary alicyclic amines) is 1. The minimum atomic E-state index is 0. The van der Waals surface area contributed by atoms with Crippen LogP contribution in [0.5, 0.6) is 5.75 Å². The van der Waals surface area contributed by atoms with Crippen LogP contribution < -0.4 is 10.1 Å². The molecule has 32 heavy (non-hydrogen) atoms. The molecular formula is C25H36ClN3O3. The summed E-state index contributed by atoms with van der Waals surface area (Å²) in [7, 11) is 1.69. The highest BCUT2D eigenvalue weighted by molar-refractivity contribution is 5.85. The van der Waals surface area contributed by atoms with Gasteiger partial charge < -0.3 is 19.9 Å². The van der Waals surface area contributed by atoms with Crippen molar-refractivity contribution in [3.05, 3.63) is 29.8 Å². The highest BCUT2D eigenvalue weighted by Crippen LogP contribution is 2.43. The first-order valence-electron chi connectivity index (χ1n) is 12.1. The average molecular weight is 462 g/mol. The third-order valence-corrected chi connectivity index (χ3v) is 8.03. The van der Waals surface area contributed by atoms with Crippen molar-refractivity contribution in [2.24, 2.45) is 17.8 Å². The number of hydrogen-bond donors (Lipinski definition) is 1. The Morgan fingerprint density at radius 3 is 2.81 bits per heavy atom. The molecule has 4 aliphatic rings. The van der Waals surface area contributed by atoms with E-state index in [1.165, 1.54) is 5.56 Å². The number of fused-ring (bicyclic) bond motifs is 4. The standard InChI is InChI=1S/C25H35N3O3.ClH/c1-31-21-7-2-5-17(11-21)12-23-20-13-19(22-8-3-9-24(29)28(22)23)15-27(16-20)25(30)18-6-4-10-26-14-18;/h2,5,7,11,18-20,22-23,26H,3-4,6,8-10,12-16H2,1H3;1H/t18-,19-,20+,22+,23+;/m1./s1. The van der Waals surface area contributed by atoms with Crippen LogP contribution in [0.15, 0.2) is 24.3 Å². The van der Waals surface area contributed by atoms with Gasteiger partial charge in [0, 0.05) is 38.1 Å². The normalized spacial score (nSPS) is 32.0. The van der Waals surface area contributed by atoms with Crippen LogP contribution in [-0.2, 0) is 16.0 Å². The average Bonchev–Trinajstić information content (AvgIpc) is 2.82. The van der Waals surface area contributed by atoms with Crippen molar-refractivity contribution in [2.75, 3.05) is 33.3 Å². The van der Waals surface area contributed by atoms with Crippen molar-refractivity contribution in [2.45, 2.75) is 57.0 Å². The lowest BCUT2D eigenvalue weighted by Gasteiger charge is -2.57. The molecule has 176 valence electrons. The largest absolute Gasteiger partial charge is 0.497 e. The van der Waals surface area contributed by atoms with Crippen LogP contribution >= 0.6 is 12.4 Å². The Labute approximate surface area is 197 Å². The van der Waals surface area contributed by atoms with E-state index in [1.807, 2.05) is 12.1 Å². The SMILES string of the molecule is COc1cccc(C[C@H]2[C@H]3C[C@H](CN(C(=O)[C@@H]4CCCNC4)C3)[C@@H]3CCCC(=O)N32)c1.Cl. The Morgan fingerprint density at radius 1 is 1.19 bits per heavy atom. The summed E-state index contributed by atoms with van der Waals surface area (Å²) >= 11 is 0. The van der Waals surface area contributed by atoms with Gasteiger partial charge in [0.2, 0.25) is 11.8 Å². The summed E-state index contributed by atoms with van der Waals surface area (Å²) < 4.78 is 5.43. The number of methoxy groups -OCH3 is 1. The van der Waals surface area contributed by atoms with E-state index >= 15 is 0 Å². The van der Waals surface area contributed by atoms with Crippen molar-refractivity contribution in [3.8, 4) is 5.75 Å². The summed E-state index contributed by atoms with van der Waals surface area (Å²) in [6, 6.07) is 8.68. The third-order valence-electron chi connectivity index (χ3n) is 8.03. The molecule has 1 aromatic carbocycles. The number of piperidine rings is 4. The van der Waals surface area contributed by atoms with Gasteiger partial charge in [0.25, 0.3) is 0 Å². The molecule has 0 aromatic heterocycles. The predicted octanol–water partition coefficient (Wildman–Crippen LogP) is 2.89. The fraction of sp³-hybridized carbons (Fsp3) is 0.680. The topological polar surface area (TPSA) is 61.9 Å². The smallest absolute Gasteiger partial charge is 0.226 e. The summed E-state index contributed by atoms with van der Waals surface area (Å²) in [6.45, 7) is 3.45. The molecular weight excluding hydrogens is 426 g/mol. The first-order valence-corrected chi connectivity index (χ1v) is 12.1. The second kappa shape index (κ2) is 10.0. The van der Waals surface area contributed by atoms with Gasteiger partial charge in [-0.05, 0) is 74.6 Å². The van der Waals surface area contributed by atoms with Crippen LogP contribution in [0.2, 0.25) is 0 Å².